The average Bonchev–Trinajstić information content (AvgIpc) is 2.95. The smallest absolute Gasteiger partial charge is 0.264 e. The quantitative estimate of drug-likeness (QED) is 0.276. The molecule has 1 N–H and O–H groups in total. The van der Waals surface area contributed by atoms with E-state index in [1.54, 1.807) is 74.5 Å². The van der Waals surface area contributed by atoms with Crippen LogP contribution in [-0.2, 0) is 26.2 Å². The molecule has 40 heavy (non-hydrogen) atoms. The Bertz CT molecular complexity index is 1400. The predicted octanol–water partition coefficient (Wildman–Crippen LogP) is 5.53. The maximum absolute atomic E-state index is 14.0. The zero-order valence-electron chi connectivity index (χ0n) is 22.6. The third-order valence-electron chi connectivity index (χ3n) is 6.15. The molecule has 0 aliphatic carbocycles. The zero-order valence-corrected chi connectivity index (χ0v) is 25.0. The Labute approximate surface area is 245 Å². The van der Waals surface area contributed by atoms with E-state index in [4.69, 9.17) is 27.9 Å². The molecule has 0 bridgehead atoms. The first-order chi connectivity index (χ1) is 19.1. The van der Waals surface area contributed by atoms with Crippen LogP contribution < -0.4 is 14.4 Å². The number of sulfonamides is 1. The molecule has 0 spiro atoms. The van der Waals surface area contributed by atoms with Crippen LogP contribution >= 0.6 is 23.2 Å². The number of halogens is 2. The monoisotopic (exact) mass is 605 g/mol. The van der Waals surface area contributed by atoms with Crippen LogP contribution in [0.4, 0.5) is 5.69 Å². The maximum Gasteiger partial charge on any atom is 0.264 e. The van der Waals surface area contributed by atoms with Crippen molar-refractivity contribution in [2.75, 3.05) is 24.0 Å². The molecule has 0 aromatic heterocycles. The van der Waals surface area contributed by atoms with Gasteiger partial charge >= 0.3 is 0 Å². The fourth-order valence-electron chi connectivity index (χ4n) is 4.01. The van der Waals surface area contributed by atoms with Gasteiger partial charge in [-0.2, -0.15) is 0 Å². The summed E-state index contributed by atoms with van der Waals surface area (Å²) in [5, 5.41) is 3.44. The van der Waals surface area contributed by atoms with E-state index in [1.807, 2.05) is 6.92 Å². The van der Waals surface area contributed by atoms with Crippen molar-refractivity contribution in [3.8, 4) is 5.75 Å². The number of amides is 2. The normalized spacial score (nSPS) is 11.9. The van der Waals surface area contributed by atoms with E-state index in [1.165, 1.54) is 17.0 Å². The lowest BCUT2D eigenvalue weighted by atomic mass is 10.1. The summed E-state index contributed by atoms with van der Waals surface area (Å²) in [4.78, 5) is 28.3. The molecule has 0 radical (unpaired) electrons. The maximum atomic E-state index is 14.0. The van der Waals surface area contributed by atoms with Gasteiger partial charge in [0.05, 0.1) is 17.2 Å². The van der Waals surface area contributed by atoms with E-state index < -0.39 is 28.5 Å². The number of anilines is 1. The highest BCUT2D eigenvalue weighted by atomic mass is 35.5. The van der Waals surface area contributed by atoms with Crippen molar-refractivity contribution < 1.29 is 22.7 Å². The third kappa shape index (κ3) is 7.47. The van der Waals surface area contributed by atoms with Crippen LogP contribution in [0, 0.1) is 0 Å². The predicted molar refractivity (Wildman–Crippen MR) is 158 cm³/mol. The highest BCUT2D eigenvalue weighted by molar-refractivity contribution is 7.92. The summed E-state index contributed by atoms with van der Waals surface area (Å²) < 4.78 is 34.6. The fourth-order valence-corrected chi connectivity index (χ4v) is 5.97. The van der Waals surface area contributed by atoms with E-state index in [0.29, 0.717) is 34.3 Å². The van der Waals surface area contributed by atoms with Crippen molar-refractivity contribution in [1.82, 2.24) is 10.2 Å². The van der Waals surface area contributed by atoms with E-state index in [-0.39, 0.29) is 29.6 Å². The van der Waals surface area contributed by atoms with Gasteiger partial charge < -0.3 is 15.0 Å². The number of benzene rings is 3. The van der Waals surface area contributed by atoms with Gasteiger partial charge in [-0.05, 0) is 56.7 Å². The minimum atomic E-state index is -4.22. The first-order valence-electron chi connectivity index (χ1n) is 12.9. The molecule has 1 unspecified atom stereocenters. The molecule has 2 amide bonds. The van der Waals surface area contributed by atoms with E-state index in [9.17, 15) is 18.0 Å². The molecule has 1 atom stereocenters. The van der Waals surface area contributed by atoms with Crippen molar-refractivity contribution in [2.45, 2.75) is 44.7 Å². The number of nitrogens with one attached hydrogen (secondary N) is 1. The number of para-hydroxylation sites is 2. The molecule has 3 aromatic carbocycles. The Morgan fingerprint density at radius 2 is 1.55 bits per heavy atom. The highest BCUT2D eigenvalue weighted by Gasteiger charge is 2.34. The summed E-state index contributed by atoms with van der Waals surface area (Å²) >= 11 is 12.8. The van der Waals surface area contributed by atoms with Gasteiger partial charge in [-0.25, -0.2) is 8.42 Å². The van der Waals surface area contributed by atoms with Crippen LogP contribution in [0.3, 0.4) is 0 Å². The topological polar surface area (TPSA) is 96.0 Å². The van der Waals surface area contributed by atoms with Gasteiger partial charge in [-0.1, -0.05) is 66.5 Å². The summed E-state index contributed by atoms with van der Waals surface area (Å²) in [6, 6.07) is 18.4. The van der Waals surface area contributed by atoms with Crippen molar-refractivity contribution >= 4 is 50.7 Å². The van der Waals surface area contributed by atoms with Crippen LogP contribution in [0.1, 0.15) is 32.8 Å². The number of carbonyl (C=O) groups is 2. The van der Waals surface area contributed by atoms with Crippen molar-refractivity contribution in [1.29, 1.82) is 0 Å². The second-order valence-corrected chi connectivity index (χ2v) is 11.6. The molecule has 11 heteroatoms. The van der Waals surface area contributed by atoms with E-state index in [2.05, 4.69) is 5.32 Å². The number of carbonyl (C=O) groups excluding carboxylic acids is 2. The lowest BCUT2D eigenvalue weighted by Gasteiger charge is -2.32. The van der Waals surface area contributed by atoms with Crippen molar-refractivity contribution in [3.63, 3.8) is 0 Å². The molecule has 3 rings (SSSR count). The molecule has 214 valence electrons. The number of rotatable bonds is 13. The molecular formula is C29H33Cl2N3O5S. The van der Waals surface area contributed by atoms with Crippen LogP contribution in [0.5, 0.6) is 5.75 Å². The van der Waals surface area contributed by atoms with E-state index in [0.717, 1.165) is 4.31 Å². The highest BCUT2D eigenvalue weighted by Crippen LogP contribution is 2.33. The number of hydrogen-bond acceptors (Lipinski definition) is 5. The van der Waals surface area contributed by atoms with Crippen molar-refractivity contribution in [2.24, 2.45) is 0 Å². The molecular weight excluding hydrogens is 573 g/mol. The fraction of sp³-hybridized carbons (Fsp3) is 0.310. The van der Waals surface area contributed by atoms with Gasteiger partial charge in [0.15, 0.2) is 0 Å². The summed E-state index contributed by atoms with van der Waals surface area (Å²) in [5.74, 6) is -0.710. The molecule has 0 aliphatic heterocycles. The first kappa shape index (κ1) is 31.3. The standard InChI is InChI=1S/C29H33Cl2N3O5S/c1-4-18-32-29(36)21(3)33(19-23-24(30)14-11-15-25(23)31)28(35)20-34(26-16-9-10-17-27(26)39-5-2)40(37,38)22-12-7-6-8-13-22/h6-17,21H,4-5,18-20H2,1-3H3,(H,32,36). The number of ether oxygens (including phenoxy) is 1. The molecule has 0 heterocycles. The Morgan fingerprint density at radius 3 is 2.17 bits per heavy atom. The Balaban J connectivity index is 2.09. The molecule has 8 nitrogen and oxygen atoms in total. The summed E-state index contributed by atoms with van der Waals surface area (Å²) in [6.45, 7) is 5.28. The second-order valence-electron chi connectivity index (χ2n) is 8.91. The lowest BCUT2D eigenvalue weighted by molar-refractivity contribution is -0.139. The van der Waals surface area contributed by atoms with Gasteiger partial charge in [0.1, 0.15) is 18.3 Å². The second kappa shape index (κ2) is 14.4. The minimum Gasteiger partial charge on any atom is -0.492 e. The Hall–Kier alpha value is -3.27. The molecule has 3 aromatic rings. The summed E-state index contributed by atoms with van der Waals surface area (Å²) in [7, 11) is -4.22. The van der Waals surface area contributed by atoms with Gasteiger partial charge in [0.25, 0.3) is 10.0 Å². The molecule has 0 saturated carbocycles. The molecule has 0 fully saturated rings. The van der Waals surface area contributed by atoms with Crippen LogP contribution in [0.15, 0.2) is 77.7 Å². The van der Waals surface area contributed by atoms with Crippen molar-refractivity contribution in [3.05, 3.63) is 88.4 Å². The Kier molecular flexibility index (Phi) is 11.2. The van der Waals surface area contributed by atoms with Gasteiger partial charge in [-0.3, -0.25) is 13.9 Å². The van der Waals surface area contributed by atoms with Crippen LogP contribution in [0.2, 0.25) is 10.0 Å². The number of hydrogen-bond donors (Lipinski definition) is 1. The summed E-state index contributed by atoms with van der Waals surface area (Å²) in [6.07, 6.45) is 0.708. The summed E-state index contributed by atoms with van der Waals surface area (Å²) in [5.41, 5.74) is 0.641. The molecule has 0 aliphatic rings. The van der Waals surface area contributed by atoms with E-state index >= 15 is 0 Å². The Morgan fingerprint density at radius 1 is 0.925 bits per heavy atom. The van der Waals surface area contributed by atoms with Gasteiger partial charge in [0, 0.05) is 28.7 Å². The number of nitrogens with zero attached hydrogens (tertiary/aromatic N) is 2. The van der Waals surface area contributed by atoms with Gasteiger partial charge in [0.2, 0.25) is 11.8 Å². The average molecular weight is 607 g/mol. The van der Waals surface area contributed by atoms with Crippen LogP contribution in [0.25, 0.3) is 0 Å². The SMILES string of the molecule is CCCNC(=O)C(C)N(Cc1c(Cl)cccc1Cl)C(=O)CN(c1ccccc1OCC)S(=O)(=O)c1ccccc1. The third-order valence-corrected chi connectivity index (χ3v) is 8.63. The van der Waals surface area contributed by atoms with Crippen LogP contribution in [-0.4, -0.2) is 50.9 Å². The first-order valence-corrected chi connectivity index (χ1v) is 15.1. The van der Waals surface area contributed by atoms with Gasteiger partial charge in [-0.15, -0.1) is 0 Å². The lowest BCUT2D eigenvalue weighted by Crippen LogP contribution is -2.51. The molecule has 0 saturated heterocycles. The minimum absolute atomic E-state index is 0.00328. The zero-order chi connectivity index (χ0) is 29.3. The largest absolute Gasteiger partial charge is 0.492 e.